The third-order valence-corrected chi connectivity index (χ3v) is 5.47. The van der Waals surface area contributed by atoms with Crippen molar-refractivity contribution in [3.63, 3.8) is 0 Å². The first-order chi connectivity index (χ1) is 15.1. The molecule has 5 N–H and O–H groups in total. The van der Waals surface area contributed by atoms with Gasteiger partial charge in [-0.1, -0.05) is 44.2 Å². The van der Waals surface area contributed by atoms with E-state index in [1.54, 1.807) is 24.3 Å². The van der Waals surface area contributed by atoms with Gasteiger partial charge in [0.15, 0.2) is 0 Å². The normalized spacial score (nSPS) is 18.7. The van der Waals surface area contributed by atoms with E-state index in [0.717, 1.165) is 5.56 Å². The number of likely N-dealkylation sites (tertiary alicyclic amines) is 1. The van der Waals surface area contributed by atoms with Gasteiger partial charge in [0.25, 0.3) is 0 Å². The molecule has 0 aliphatic carbocycles. The summed E-state index contributed by atoms with van der Waals surface area (Å²) >= 11 is 0. The molecule has 176 valence electrons. The number of rotatable bonds is 10. The number of aliphatic carboxylic acids is 1. The highest BCUT2D eigenvalue weighted by atomic mass is 16.4. The van der Waals surface area contributed by atoms with E-state index in [2.05, 4.69) is 10.6 Å². The number of carbonyl (C=O) groups is 4. The molecular formula is C23H34N4O5. The summed E-state index contributed by atoms with van der Waals surface area (Å²) in [5.74, 6) is -2.28. The summed E-state index contributed by atoms with van der Waals surface area (Å²) < 4.78 is 0. The number of benzene rings is 1. The Hall–Kier alpha value is -2.94. The van der Waals surface area contributed by atoms with Gasteiger partial charge >= 0.3 is 5.97 Å². The quantitative estimate of drug-likeness (QED) is 0.416. The molecule has 0 bridgehead atoms. The maximum atomic E-state index is 13.2. The molecule has 1 aromatic carbocycles. The van der Waals surface area contributed by atoms with E-state index in [-0.39, 0.29) is 18.2 Å². The minimum Gasteiger partial charge on any atom is -0.480 e. The molecule has 1 fully saturated rings. The molecule has 32 heavy (non-hydrogen) atoms. The number of nitrogens with one attached hydrogen (secondary N) is 2. The van der Waals surface area contributed by atoms with Crippen molar-refractivity contribution in [1.82, 2.24) is 15.5 Å². The van der Waals surface area contributed by atoms with Crippen LogP contribution in [-0.2, 0) is 25.6 Å². The Kier molecular flexibility index (Phi) is 9.19. The van der Waals surface area contributed by atoms with Gasteiger partial charge in [-0.05, 0) is 37.7 Å². The molecule has 1 aromatic rings. The Morgan fingerprint density at radius 2 is 1.75 bits per heavy atom. The van der Waals surface area contributed by atoms with Crippen LogP contribution in [0.2, 0.25) is 0 Å². The Morgan fingerprint density at radius 1 is 1.09 bits per heavy atom. The van der Waals surface area contributed by atoms with Crippen molar-refractivity contribution >= 4 is 23.7 Å². The molecule has 0 spiro atoms. The smallest absolute Gasteiger partial charge is 0.326 e. The predicted molar refractivity (Wildman–Crippen MR) is 119 cm³/mol. The Bertz CT molecular complexity index is 812. The molecule has 2 rings (SSSR count). The zero-order valence-electron chi connectivity index (χ0n) is 18.9. The van der Waals surface area contributed by atoms with Gasteiger partial charge in [0, 0.05) is 13.0 Å². The third kappa shape index (κ3) is 7.05. The van der Waals surface area contributed by atoms with Crippen LogP contribution in [0.25, 0.3) is 0 Å². The molecule has 9 heteroatoms. The van der Waals surface area contributed by atoms with Crippen LogP contribution in [0, 0.1) is 5.92 Å². The average molecular weight is 447 g/mol. The highest BCUT2D eigenvalue weighted by Crippen LogP contribution is 2.21. The van der Waals surface area contributed by atoms with Crippen LogP contribution >= 0.6 is 0 Å². The number of carboxylic acids is 1. The summed E-state index contributed by atoms with van der Waals surface area (Å²) in [5.41, 5.74) is 6.42. The molecular weight excluding hydrogens is 412 g/mol. The van der Waals surface area contributed by atoms with E-state index < -0.39 is 42.0 Å². The van der Waals surface area contributed by atoms with Gasteiger partial charge in [-0.3, -0.25) is 14.4 Å². The van der Waals surface area contributed by atoms with E-state index >= 15 is 0 Å². The van der Waals surface area contributed by atoms with Gasteiger partial charge in [-0.25, -0.2) is 4.79 Å². The molecule has 1 heterocycles. The Morgan fingerprint density at radius 3 is 2.31 bits per heavy atom. The zero-order valence-corrected chi connectivity index (χ0v) is 18.9. The molecule has 0 aromatic heterocycles. The van der Waals surface area contributed by atoms with Gasteiger partial charge in [0.1, 0.15) is 18.1 Å². The zero-order chi connectivity index (χ0) is 23.8. The molecule has 0 saturated carbocycles. The van der Waals surface area contributed by atoms with Crippen molar-refractivity contribution < 1.29 is 24.3 Å². The highest BCUT2D eigenvalue weighted by molar-refractivity contribution is 5.94. The van der Waals surface area contributed by atoms with Crippen LogP contribution < -0.4 is 16.4 Å². The van der Waals surface area contributed by atoms with Gasteiger partial charge in [-0.15, -0.1) is 0 Å². The Labute approximate surface area is 188 Å². The van der Waals surface area contributed by atoms with Crippen LogP contribution in [0.15, 0.2) is 30.3 Å². The predicted octanol–water partition coefficient (Wildman–Crippen LogP) is 0.668. The van der Waals surface area contributed by atoms with Crippen LogP contribution in [0.3, 0.4) is 0 Å². The first-order valence-corrected chi connectivity index (χ1v) is 11.0. The number of hydrogen-bond acceptors (Lipinski definition) is 5. The van der Waals surface area contributed by atoms with Crippen molar-refractivity contribution in [3.05, 3.63) is 35.9 Å². The fraction of sp³-hybridized carbons (Fsp3) is 0.565. The fourth-order valence-corrected chi connectivity index (χ4v) is 3.82. The van der Waals surface area contributed by atoms with E-state index in [1.807, 2.05) is 19.9 Å². The standard InChI is InChI=1S/C23H34N4O5/c1-14(2)12-17(25-20(28)15(3)24)22(30)27-11-7-10-19(27)21(29)26-18(23(31)32)13-16-8-5-4-6-9-16/h4-6,8-9,14-15,17-19H,7,10-13,24H2,1-3H3,(H,25,28)(H,26,29)(H,31,32). The molecule has 9 nitrogen and oxygen atoms in total. The fourth-order valence-electron chi connectivity index (χ4n) is 3.82. The maximum Gasteiger partial charge on any atom is 0.326 e. The number of nitrogens with zero attached hydrogens (tertiary/aromatic N) is 1. The van der Waals surface area contributed by atoms with Crippen molar-refractivity contribution in [3.8, 4) is 0 Å². The van der Waals surface area contributed by atoms with E-state index in [9.17, 15) is 24.3 Å². The van der Waals surface area contributed by atoms with Gasteiger partial charge in [0.05, 0.1) is 6.04 Å². The summed E-state index contributed by atoms with van der Waals surface area (Å²) in [6, 6.07) is 5.60. The van der Waals surface area contributed by atoms with E-state index in [1.165, 1.54) is 11.8 Å². The highest BCUT2D eigenvalue weighted by Gasteiger charge is 2.39. The minimum absolute atomic E-state index is 0.134. The van der Waals surface area contributed by atoms with Crippen molar-refractivity contribution in [2.45, 2.75) is 70.6 Å². The summed E-state index contributed by atoms with van der Waals surface area (Å²) in [6.07, 6.45) is 1.61. The maximum absolute atomic E-state index is 13.2. The lowest BCUT2D eigenvalue weighted by Crippen LogP contribution is -2.57. The van der Waals surface area contributed by atoms with Gasteiger partial charge in [-0.2, -0.15) is 0 Å². The number of carbonyl (C=O) groups excluding carboxylic acids is 3. The van der Waals surface area contributed by atoms with Crippen molar-refractivity contribution in [1.29, 1.82) is 0 Å². The number of amides is 3. The van der Waals surface area contributed by atoms with Gasteiger partial charge < -0.3 is 26.4 Å². The molecule has 4 unspecified atom stereocenters. The van der Waals surface area contributed by atoms with E-state index in [4.69, 9.17) is 5.73 Å². The van der Waals surface area contributed by atoms with Gasteiger partial charge in [0.2, 0.25) is 17.7 Å². The average Bonchev–Trinajstić information content (AvgIpc) is 3.22. The topological polar surface area (TPSA) is 142 Å². The first-order valence-electron chi connectivity index (χ1n) is 11.0. The molecule has 0 radical (unpaired) electrons. The lowest BCUT2D eigenvalue weighted by molar-refractivity contribution is -0.145. The number of carboxylic acid groups (broad SMARTS) is 1. The second-order valence-corrected chi connectivity index (χ2v) is 8.76. The number of nitrogens with two attached hydrogens (primary N) is 1. The third-order valence-electron chi connectivity index (χ3n) is 5.47. The summed E-state index contributed by atoms with van der Waals surface area (Å²) in [6.45, 7) is 5.79. The Balaban J connectivity index is 2.12. The van der Waals surface area contributed by atoms with Crippen LogP contribution in [0.5, 0.6) is 0 Å². The van der Waals surface area contributed by atoms with Crippen molar-refractivity contribution in [2.24, 2.45) is 11.7 Å². The van der Waals surface area contributed by atoms with E-state index in [0.29, 0.717) is 25.8 Å². The molecule has 3 amide bonds. The lowest BCUT2D eigenvalue weighted by atomic mass is 10.0. The summed E-state index contributed by atoms with van der Waals surface area (Å²) in [5, 5.41) is 14.9. The lowest BCUT2D eigenvalue weighted by Gasteiger charge is -2.30. The number of hydrogen-bond donors (Lipinski definition) is 4. The van der Waals surface area contributed by atoms with Crippen LogP contribution in [0.4, 0.5) is 0 Å². The monoisotopic (exact) mass is 446 g/mol. The minimum atomic E-state index is -1.14. The summed E-state index contributed by atoms with van der Waals surface area (Å²) in [7, 11) is 0. The molecule has 1 aliphatic rings. The van der Waals surface area contributed by atoms with Crippen LogP contribution in [-0.4, -0.2) is 64.4 Å². The first kappa shape index (κ1) is 25.3. The SMILES string of the molecule is CC(C)CC(NC(=O)C(C)N)C(=O)N1CCCC1C(=O)NC(Cc1ccccc1)C(=O)O. The summed E-state index contributed by atoms with van der Waals surface area (Å²) in [4.78, 5) is 51.5. The second kappa shape index (κ2) is 11.6. The molecule has 4 atom stereocenters. The molecule has 1 aliphatic heterocycles. The van der Waals surface area contributed by atoms with Crippen LogP contribution in [0.1, 0.15) is 45.6 Å². The largest absolute Gasteiger partial charge is 0.480 e. The second-order valence-electron chi connectivity index (χ2n) is 8.76. The molecule has 1 saturated heterocycles. The van der Waals surface area contributed by atoms with Crippen molar-refractivity contribution in [2.75, 3.05) is 6.54 Å².